The second-order valence-electron chi connectivity index (χ2n) is 7.81. The van der Waals surface area contributed by atoms with Crippen molar-refractivity contribution in [2.24, 2.45) is 5.92 Å². The van der Waals surface area contributed by atoms with E-state index < -0.39 is 24.5 Å². The Morgan fingerprint density at radius 2 is 1.94 bits per heavy atom. The van der Waals surface area contributed by atoms with E-state index >= 15 is 0 Å². The Labute approximate surface area is 191 Å². The molecule has 3 aromatic rings. The molecule has 0 bridgehead atoms. The van der Waals surface area contributed by atoms with Crippen LogP contribution in [0.25, 0.3) is 16.9 Å². The number of carbonyl (C=O) groups excluding carboxylic acids is 2. The molecule has 2 heterocycles. The van der Waals surface area contributed by atoms with Gasteiger partial charge in [0, 0.05) is 24.6 Å². The van der Waals surface area contributed by atoms with Crippen molar-refractivity contribution >= 4 is 17.6 Å². The second kappa shape index (κ2) is 9.64. The van der Waals surface area contributed by atoms with Gasteiger partial charge in [-0.15, -0.1) is 5.10 Å². The van der Waals surface area contributed by atoms with Crippen LogP contribution in [-0.2, 0) is 20.9 Å². The number of carbonyl (C=O) groups is 2. The Balaban J connectivity index is 1.62. The van der Waals surface area contributed by atoms with E-state index in [0.717, 1.165) is 0 Å². The lowest BCUT2D eigenvalue weighted by atomic mass is 10.1. The summed E-state index contributed by atoms with van der Waals surface area (Å²) in [6.07, 6.45) is -4.34. The van der Waals surface area contributed by atoms with E-state index in [2.05, 4.69) is 15.7 Å². The Hall–Kier alpha value is -3.73. The van der Waals surface area contributed by atoms with Crippen molar-refractivity contribution in [2.75, 3.05) is 18.5 Å². The number of halogens is 4. The summed E-state index contributed by atoms with van der Waals surface area (Å²) in [5, 5.41) is 9.71. The molecule has 2 amide bonds. The fourth-order valence-corrected chi connectivity index (χ4v) is 3.55. The van der Waals surface area contributed by atoms with Gasteiger partial charge in [0.15, 0.2) is 5.82 Å². The smallest absolute Gasteiger partial charge is 0.367 e. The largest absolute Gasteiger partial charge is 0.411 e. The number of hydrogen-bond donors (Lipinski definition) is 2. The van der Waals surface area contributed by atoms with Crippen LogP contribution < -0.4 is 10.6 Å². The van der Waals surface area contributed by atoms with Crippen molar-refractivity contribution in [1.29, 1.82) is 0 Å². The topological polar surface area (TPSA) is 85.2 Å². The van der Waals surface area contributed by atoms with Gasteiger partial charge in [-0.3, -0.25) is 9.59 Å². The monoisotopic (exact) mass is 476 g/mol. The van der Waals surface area contributed by atoms with Crippen molar-refractivity contribution in [3.05, 3.63) is 66.0 Å². The molecule has 1 fully saturated rings. The summed E-state index contributed by atoms with van der Waals surface area (Å²) >= 11 is 0. The van der Waals surface area contributed by atoms with Gasteiger partial charge in [0.05, 0.1) is 23.9 Å². The fraction of sp³-hybridized carbons (Fsp3) is 0.261. The van der Waals surface area contributed by atoms with E-state index in [9.17, 15) is 27.2 Å². The van der Waals surface area contributed by atoms with Crippen LogP contribution in [0.2, 0.25) is 0 Å². The van der Waals surface area contributed by atoms with Gasteiger partial charge >= 0.3 is 6.18 Å². The molecule has 0 spiro atoms. The number of ether oxygens (including phenoxy) is 1. The Morgan fingerprint density at radius 3 is 2.62 bits per heavy atom. The van der Waals surface area contributed by atoms with Crippen LogP contribution >= 0.6 is 0 Å². The molecule has 178 valence electrons. The number of alkyl halides is 3. The highest BCUT2D eigenvalue weighted by atomic mass is 19.4. The molecule has 4 rings (SSSR count). The summed E-state index contributed by atoms with van der Waals surface area (Å²) in [6.45, 7) is -1.38. The molecular formula is C23H20F4N4O3. The van der Waals surface area contributed by atoms with E-state index in [1.165, 1.54) is 28.9 Å². The number of hydrogen-bond acceptors (Lipinski definition) is 4. The Bertz CT molecular complexity index is 1190. The number of benzene rings is 2. The van der Waals surface area contributed by atoms with Gasteiger partial charge in [-0.25, -0.2) is 9.07 Å². The summed E-state index contributed by atoms with van der Waals surface area (Å²) in [5.74, 6) is -1.33. The molecule has 1 atom stereocenters. The molecule has 0 saturated carbocycles. The van der Waals surface area contributed by atoms with E-state index in [4.69, 9.17) is 4.74 Å². The third-order valence-corrected chi connectivity index (χ3v) is 5.14. The van der Waals surface area contributed by atoms with Crippen LogP contribution in [0.15, 0.2) is 54.6 Å². The highest BCUT2D eigenvalue weighted by Gasteiger charge is 2.29. The van der Waals surface area contributed by atoms with Crippen molar-refractivity contribution in [3.8, 4) is 16.9 Å². The highest BCUT2D eigenvalue weighted by molar-refractivity contribution is 5.97. The second-order valence-corrected chi connectivity index (χ2v) is 7.81. The summed E-state index contributed by atoms with van der Waals surface area (Å²) in [6, 6.07) is 13.8. The summed E-state index contributed by atoms with van der Waals surface area (Å²) in [7, 11) is 0. The number of nitrogens with zero attached hydrogens (tertiary/aromatic N) is 2. The summed E-state index contributed by atoms with van der Waals surface area (Å²) < 4.78 is 56.9. The van der Waals surface area contributed by atoms with E-state index in [1.807, 2.05) is 0 Å². The van der Waals surface area contributed by atoms with Gasteiger partial charge in [0.1, 0.15) is 12.4 Å². The zero-order chi connectivity index (χ0) is 24.3. The lowest BCUT2D eigenvalue weighted by Crippen LogP contribution is -2.24. The normalized spacial score (nSPS) is 15.9. The maximum atomic E-state index is 13.4. The van der Waals surface area contributed by atoms with Crippen molar-refractivity contribution in [2.45, 2.75) is 19.2 Å². The first-order valence-corrected chi connectivity index (χ1v) is 10.4. The molecule has 0 aliphatic carbocycles. The minimum atomic E-state index is -4.43. The van der Waals surface area contributed by atoms with E-state index in [1.54, 1.807) is 30.3 Å². The van der Waals surface area contributed by atoms with Gasteiger partial charge in [0.25, 0.3) is 0 Å². The molecule has 0 unspecified atom stereocenters. The van der Waals surface area contributed by atoms with E-state index in [-0.39, 0.29) is 37.2 Å². The van der Waals surface area contributed by atoms with Crippen LogP contribution in [0.4, 0.5) is 23.4 Å². The van der Waals surface area contributed by atoms with E-state index in [0.29, 0.717) is 22.5 Å². The van der Waals surface area contributed by atoms with Gasteiger partial charge < -0.3 is 15.4 Å². The van der Waals surface area contributed by atoms with Gasteiger partial charge in [-0.1, -0.05) is 18.2 Å². The molecule has 1 aromatic heterocycles. The molecule has 7 nitrogen and oxygen atoms in total. The fourth-order valence-electron chi connectivity index (χ4n) is 3.55. The molecule has 1 aliphatic rings. The first-order valence-electron chi connectivity index (χ1n) is 10.4. The molecule has 0 radical (unpaired) electrons. The van der Waals surface area contributed by atoms with Gasteiger partial charge in [-0.05, 0) is 35.9 Å². The summed E-state index contributed by atoms with van der Waals surface area (Å²) in [4.78, 5) is 24.0. The first kappa shape index (κ1) is 23.4. The molecule has 2 aromatic carbocycles. The zero-order valence-electron chi connectivity index (χ0n) is 17.7. The maximum Gasteiger partial charge on any atom is 0.411 e. The Morgan fingerprint density at radius 1 is 1.18 bits per heavy atom. The zero-order valence-corrected chi connectivity index (χ0v) is 17.7. The molecule has 1 saturated heterocycles. The SMILES string of the molecule is O=C1C[C@H](C(=O)Nc2cc(-c3cccc(COCC(F)(F)F)c3)n(-c3ccc(F)cc3)n2)CN1. The third kappa shape index (κ3) is 5.79. The number of nitrogens with one attached hydrogen (secondary N) is 2. The summed E-state index contributed by atoms with van der Waals surface area (Å²) in [5.41, 5.74) is 2.13. The Kier molecular flexibility index (Phi) is 6.64. The average Bonchev–Trinajstić information content (AvgIpc) is 3.40. The van der Waals surface area contributed by atoms with Crippen LogP contribution in [0, 0.1) is 11.7 Å². The van der Waals surface area contributed by atoms with Gasteiger partial charge in [-0.2, -0.15) is 13.2 Å². The predicted molar refractivity (Wildman–Crippen MR) is 114 cm³/mol. The third-order valence-electron chi connectivity index (χ3n) is 5.14. The first-order chi connectivity index (χ1) is 16.2. The number of anilines is 1. The van der Waals surface area contributed by atoms with Crippen molar-refractivity contribution in [1.82, 2.24) is 15.1 Å². The maximum absolute atomic E-state index is 13.4. The number of aromatic nitrogens is 2. The van der Waals surface area contributed by atoms with Crippen LogP contribution in [0.3, 0.4) is 0 Å². The molecular weight excluding hydrogens is 456 g/mol. The molecule has 2 N–H and O–H groups in total. The quantitative estimate of drug-likeness (QED) is 0.508. The lowest BCUT2D eigenvalue weighted by Gasteiger charge is -2.10. The molecule has 1 aliphatic heterocycles. The van der Waals surface area contributed by atoms with Gasteiger partial charge in [0.2, 0.25) is 11.8 Å². The lowest BCUT2D eigenvalue weighted by molar-refractivity contribution is -0.176. The number of amides is 2. The minimum Gasteiger partial charge on any atom is -0.367 e. The van der Waals surface area contributed by atoms with Crippen molar-refractivity contribution < 1.29 is 31.9 Å². The molecule has 34 heavy (non-hydrogen) atoms. The highest BCUT2D eigenvalue weighted by Crippen LogP contribution is 2.28. The number of rotatable bonds is 7. The molecule has 11 heteroatoms. The van der Waals surface area contributed by atoms with Crippen molar-refractivity contribution in [3.63, 3.8) is 0 Å². The minimum absolute atomic E-state index is 0.0807. The van der Waals surface area contributed by atoms with Crippen LogP contribution in [-0.4, -0.2) is 40.9 Å². The average molecular weight is 476 g/mol. The van der Waals surface area contributed by atoms with Crippen LogP contribution in [0.5, 0.6) is 0 Å². The standard InChI is InChI=1S/C23H20F4N4O3/c24-17-4-6-18(7-5-17)31-19(10-20(30-31)29-22(33)16-9-21(32)28-11-16)15-3-1-2-14(8-15)12-34-13-23(25,26)27/h1-8,10,16H,9,11-13H2,(H,28,32)(H,29,30,33)/t16-/m0/s1. The predicted octanol–water partition coefficient (Wildman–Crippen LogP) is 3.83. The van der Waals surface area contributed by atoms with Crippen LogP contribution in [0.1, 0.15) is 12.0 Å².